The van der Waals surface area contributed by atoms with Gasteiger partial charge in [-0.1, -0.05) is 46.3 Å². The van der Waals surface area contributed by atoms with Crippen LogP contribution in [0.2, 0.25) is 0 Å². The normalized spacial score (nSPS) is 11.9. The highest BCUT2D eigenvalue weighted by Gasteiger charge is 2.15. The highest BCUT2D eigenvalue weighted by molar-refractivity contribution is 9.10. The van der Waals surface area contributed by atoms with Crippen LogP contribution in [0.4, 0.5) is 0 Å². The molecule has 0 saturated heterocycles. The highest BCUT2D eigenvalue weighted by atomic mass is 79.9. The first-order chi connectivity index (χ1) is 9.09. The molecule has 2 aromatic rings. The number of carbonyl (C=O) groups is 1. The smallest absolute Gasteiger partial charge is 0.255 e. The van der Waals surface area contributed by atoms with Crippen molar-refractivity contribution in [1.82, 2.24) is 5.32 Å². The Balaban J connectivity index is 2.16. The Kier molecular flexibility index (Phi) is 4.22. The summed E-state index contributed by atoms with van der Waals surface area (Å²) < 4.78 is 0.945. The summed E-state index contributed by atoms with van der Waals surface area (Å²) in [5.74, 6) is -0.305. The van der Waals surface area contributed by atoms with Crippen LogP contribution in [0.3, 0.4) is 0 Å². The third-order valence-electron chi connectivity index (χ3n) is 2.87. The van der Waals surface area contributed by atoms with Crippen LogP contribution in [-0.4, -0.2) is 11.0 Å². The van der Waals surface area contributed by atoms with E-state index < -0.39 is 0 Å². The Hall–Kier alpha value is -1.81. The van der Waals surface area contributed by atoms with Gasteiger partial charge < -0.3 is 10.4 Å². The number of aromatic hydroxyl groups is 1. The van der Waals surface area contributed by atoms with Gasteiger partial charge in [0.2, 0.25) is 0 Å². The fourth-order valence-corrected chi connectivity index (χ4v) is 2.47. The van der Waals surface area contributed by atoms with Crippen molar-refractivity contribution < 1.29 is 9.90 Å². The summed E-state index contributed by atoms with van der Waals surface area (Å²) in [6, 6.07) is 14.1. The molecule has 19 heavy (non-hydrogen) atoms. The fraction of sp³-hybridized carbons (Fsp3) is 0.133. The zero-order chi connectivity index (χ0) is 13.8. The Morgan fingerprint density at radius 3 is 2.47 bits per heavy atom. The summed E-state index contributed by atoms with van der Waals surface area (Å²) >= 11 is 3.46. The minimum absolute atomic E-state index is 0.0145. The molecule has 1 atom stereocenters. The van der Waals surface area contributed by atoms with Gasteiger partial charge in [0.25, 0.3) is 5.91 Å². The average Bonchev–Trinajstić information content (AvgIpc) is 2.39. The Morgan fingerprint density at radius 2 is 1.79 bits per heavy atom. The van der Waals surface area contributed by atoms with Gasteiger partial charge in [-0.3, -0.25) is 4.79 Å². The van der Waals surface area contributed by atoms with Gasteiger partial charge >= 0.3 is 0 Å². The predicted octanol–water partition coefficient (Wildman–Crippen LogP) is 3.65. The monoisotopic (exact) mass is 319 g/mol. The fourth-order valence-electron chi connectivity index (χ4n) is 1.84. The topological polar surface area (TPSA) is 49.3 Å². The van der Waals surface area contributed by atoms with E-state index in [1.54, 1.807) is 18.2 Å². The average molecular weight is 320 g/mol. The molecule has 0 aliphatic rings. The van der Waals surface area contributed by atoms with Gasteiger partial charge in [-0.15, -0.1) is 0 Å². The molecule has 2 aromatic carbocycles. The molecule has 2 N–H and O–H groups in total. The molecule has 3 nitrogen and oxygen atoms in total. The predicted molar refractivity (Wildman–Crippen MR) is 78.1 cm³/mol. The maximum Gasteiger partial charge on any atom is 0.255 e. The number of hydrogen-bond donors (Lipinski definition) is 2. The number of hydrogen-bond acceptors (Lipinski definition) is 2. The van der Waals surface area contributed by atoms with E-state index in [0.717, 1.165) is 10.0 Å². The standard InChI is InChI=1S/C15H14BrNO2/c1-10(11-6-2-4-8-13(11)16)17-15(19)12-7-3-5-9-14(12)18/h2-10,18H,1H3,(H,17,19). The van der Waals surface area contributed by atoms with Crippen LogP contribution in [0.1, 0.15) is 28.9 Å². The number of benzene rings is 2. The van der Waals surface area contributed by atoms with E-state index in [2.05, 4.69) is 21.2 Å². The first-order valence-corrected chi connectivity index (χ1v) is 6.72. The van der Waals surface area contributed by atoms with Crippen LogP contribution in [-0.2, 0) is 0 Å². The maximum atomic E-state index is 12.1. The number of rotatable bonds is 3. The summed E-state index contributed by atoms with van der Waals surface area (Å²) in [5.41, 5.74) is 1.27. The van der Waals surface area contributed by atoms with E-state index in [0.29, 0.717) is 0 Å². The summed E-state index contributed by atoms with van der Waals surface area (Å²) in [4.78, 5) is 12.1. The van der Waals surface area contributed by atoms with E-state index in [1.165, 1.54) is 6.07 Å². The molecule has 0 fully saturated rings. The zero-order valence-electron chi connectivity index (χ0n) is 10.4. The lowest BCUT2D eigenvalue weighted by Crippen LogP contribution is -2.26. The molecule has 0 radical (unpaired) electrons. The van der Waals surface area contributed by atoms with Crippen LogP contribution in [0, 0.1) is 0 Å². The summed E-state index contributed by atoms with van der Waals surface area (Å²) in [5, 5.41) is 12.5. The lowest BCUT2D eigenvalue weighted by Gasteiger charge is -2.16. The van der Waals surface area contributed by atoms with Crippen molar-refractivity contribution in [2.45, 2.75) is 13.0 Å². The Bertz CT molecular complexity index is 598. The van der Waals surface area contributed by atoms with Crippen LogP contribution >= 0.6 is 15.9 Å². The molecule has 1 unspecified atom stereocenters. The summed E-state index contributed by atoms with van der Waals surface area (Å²) in [6.45, 7) is 1.90. The van der Waals surface area contributed by atoms with Crippen molar-refractivity contribution in [3.05, 3.63) is 64.1 Å². The highest BCUT2D eigenvalue weighted by Crippen LogP contribution is 2.24. The zero-order valence-corrected chi connectivity index (χ0v) is 12.0. The summed E-state index contributed by atoms with van der Waals surface area (Å²) in [6.07, 6.45) is 0. The van der Waals surface area contributed by atoms with Crippen LogP contribution < -0.4 is 5.32 Å². The molecule has 0 heterocycles. The van der Waals surface area contributed by atoms with E-state index >= 15 is 0 Å². The van der Waals surface area contributed by atoms with E-state index in [4.69, 9.17) is 0 Å². The van der Waals surface area contributed by atoms with Crippen LogP contribution in [0.25, 0.3) is 0 Å². The van der Waals surface area contributed by atoms with Gasteiger partial charge in [-0.05, 0) is 30.7 Å². The van der Waals surface area contributed by atoms with Gasteiger partial charge in [-0.2, -0.15) is 0 Å². The van der Waals surface area contributed by atoms with Gasteiger partial charge in [0, 0.05) is 4.47 Å². The molecule has 1 amide bonds. The third-order valence-corrected chi connectivity index (χ3v) is 3.59. The van der Waals surface area contributed by atoms with E-state index in [-0.39, 0.29) is 23.3 Å². The largest absolute Gasteiger partial charge is 0.507 e. The molecule has 0 bridgehead atoms. The summed E-state index contributed by atoms with van der Waals surface area (Å²) in [7, 11) is 0. The number of phenolic OH excluding ortho intramolecular Hbond substituents is 1. The van der Waals surface area contributed by atoms with Crippen molar-refractivity contribution in [1.29, 1.82) is 0 Å². The van der Waals surface area contributed by atoms with Gasteiger partial charge in [0.05, 0.1) is 11.6 Å². The second-order valence-electron chi connectivity index (χ2n) is 4.23. The van der Waals surface area contributed by atoms with Crippen LogP contribution in [0.5, 0.6) is 5.75 Å². The molecule has 4 heteroatoms. The van der Waals surface area contributed by atoms with Gasteiger partial charge in [0.15, 0.2) is 0 Å². The first-order valence-electron chi connectivity index (χ1n) is 5.93. The molecular weight excluding hydrogens is 306 g/mol. The molecule has 0 aromatic heterocycles. The number of phenols is 1. The van der Waals surface area contributed by atoms with Gasteiger partial charge in [0.1, 0.15) is 5.75 Å². The van der Waals surface area contributed by atoms with Crippen molar-refractivity contribution in [3.8, 4) is 5.75 Å². The molecule has 98 valence electrons. The molecule has 0 spiro atoms. The lowest BCUT2D eigenvalue weighted by atomic mass is 10.1. The number of amides is 1. The molecule has 0 saturated carbocycles. The van der Waals surface area contributed by atoms with Crippen molar-refractivity contribution in [2.75, 3.05) is 0 Å². The molecule has 0 aliphatic carbocycles. The lowest BCUT2D eigenvalue weighted by molar-refractivity contribution is 0.0937. The minimum Gasteiger partial charge on any atom is -0.507 e. The van der Waals surface area contributed by atoms with Gasteiger partial charge in [-0.25, -0.2) is 0 Å². The van der Waals surface area contributed by atoms with E-state index in [9.17, 15) is 9.90 Å². The van der Waals surface area contributed by atoms with Crippen molar-refractivity contribution >= 4 is 21.8 Å². The van der Waals surface area contributed by atoms with E-state index in [1.807, 2.05) is 31.2 Å². The number of para-hydroxylation sites is 1. The minimum atomic E-state index is -0.290. The van der Waals surface area contributed by atoms with Crippen molar-refractivity contribution in [2.24, 2.45) is 0 Å². The van der Waals surface area contributed by atoms with Crippen LogP contribution in [0.15, 0.2) is 53.0 Å². The Labute approximate surface area is 120 Å². The first kappa shape index (κ1) is 13.6. The molecular formula is C15H14BrNO2. The molecule has 0 aliphatic heterocycles. The number of halogens is 1. The second-order valence-corrected chi connectivity index (χ2v) is 5.09. The second kappa shape index (κ2) is 5.89. The third kappa shape index (κ3) is 3.15. The Morgan fingerprint density at radius 1 is 1.16 bits per heavy atom. The molecule has 2 rings (SSSR count). The SMILES string of the molecule is CC(NC(=O)c1ccccc1O)c1ccccc1Br. The number of carbonyl (C=O) groups excluding carboxylic acids is 1. The maximum absolute atomic E-state index is 12.1. The van der Waals surface area contributed by atoms with Crippen molar-refractivity contribution in [3.63, 3.8) is 0 Å². The number of nitrogens with one attached hydrogen (secondary N) is 1. The quantitative estimate of drug-likeness (QED) is 0.907.